The minimum Gasteiger partial charge on any atom is -0.497 e. The van der Waals surface area contributed by atoms with Gasteiger partial charge in [0, 0.05) is 17.4 Å². The van der Waals surface area contributed by atoms with Crippen molar-refractivity contribution in [3.63, 3.8) is 0 Å². The number of nitrogens with two attached hydrogens (primary N) is 1. The Kier molecular flexibility index (Phi) is 2.59. The first kappa shape index (κ1) is 11.5. The molecule has 0 saturated carbocycles. The second-order valence-electron chi connectivity index (χ2n) is 4.41. The Balaban J connectivity index is 2.24. The van der Waals surface area contributed by atoms with Crippen LogP contribution >= 0.6 is 0 Å². The van der Waals surface area contributed by atoms with Crippen molar-refractivity contribution in [2.24, 2.45) is 0 Å². The zero-order valence-corrected chi connectivity index (χ0v) is 10.8. The maximum atomic E-state index is 6.02. The molecule has 0 aliphatic rings. The van der Waals surface area contributed by atoms with Crippen molar-refractivity contribution < 1.29 is 4.74 Å². The van der Waals surface area contributed by atoms with Crippen LogP contribution in [0.1, 0.15) is 5.56 Å². The monoisotopic (exact) mass is 254 g/mol. The summed E-state index contributed by atoms with van der Waals surface area (Å²) in [4.78, 5) is 0. The molecule has 3 rings (SSSR count). The molecule has 0 bridgehead atoms. The topological polar surface area (TPSA) is 65.4 Å². The standard InChI is InChI=1S/C14H14N4O/c1-9-5-6-18-13(7-9)16-17-14(18)11-8-10(19-2)3-4-12(11)15/h3-8H,15H2,1-2H3. The fraction of sp³-hybridized carbons (Fsp3) is 0.143. The van der Waals surface area contributed by atoms with E-state index in [1.165, 1.54) is 0 Å². The molecule has 1 aromatic carbocycles. The van der Waals surface area contributed by atoms with Crippen molar-refractivity contribution >= 4 is 11.3 Å². The van der Waals surface area contributed by atoms with Crippen LogP contribution in [0.2, 0.25) is 0 Å². The van der Waals surface area contributed by atoms with Gasteiger partial charge in [-0.3, -0.25) is 4.40 Å². The summed E-state index contributed by atoms with van der Waals surface area (Å²) in [5.41, 5.74) is 9.43. The van der Waals surface area contributed by atoms with Gasteiger partial charge in [0.05, 0.1) is 7.11 Å². The fourth-order valence-electron chi connectivity index (χ4n) is 2.03. The average molecular weight is 254 g/mol. The first-order valence-electron chi connectivity index (χ1n) is 5.94. The van der Waals surface area contributed by atoms with Gasteiger partial charge in [0.2, 0.25) is 0 Å². The van der Waals surface area contributed by atoms with Crippen LogP contribution in [0.3, 0.4) is 0 Å². The lowest BCUT2D eigenvalue weighted by molar-refractivity contribution is 0.415. The van der Waals surface area contributed by atoms with Crippen LogP contribution < -0.4 is 10.5 Å². The minimum atomic E-state index is 0.649. The van der Waals surface area contributed by atoms with Crippen LogP contribution in [0, 0.1) is 6.92 Å². The van der Waals surface area contributed by atoms with Crippen molar-refractivity contribution in [1.82, 2.24) is 14.6 Å². The van der Waals surface area contributed by atoms with Crippen LogP contribution in [-0.2, 0) is 0 Å². The van der Waals surface area contributed by atoms with Crippen LogP contribution in [-0.4, -0.2) is 21.7 Å². The quantitative estimate of drug-likeness (QED) is 0.713. The van der Waals surface area contributed by atoms with E-state index >= 15 is 0 Å². The van der Waals surface area contributed by atoms with Gasteiger partial charge in [-0.2, -0.15) is 0 Å². The number of pyridine rings is 1. The first-order chi connectivity index (χ1) is 9.19. The van der Waals surface area contributed by atoms with Gasteiger partial charge in [-0.15, -0.1) is 10.2 Å². The first-order valence-corrected chi connectivity index (χ1v) is 5.94. The Hall–Kier alpha value is -2.56. The Bertz CT molecular complexity index is 748. The van der Waals surface area contributed by atoms with Gasteiger partial charge in [-0.1, -0.05) is 0 Å². The van der Waals surface area contributed by atoms with E-state index in [-0.39, 0.29) is 0 Å². The van der Waals surface area contributed by atoms with Crippen LogP contribution in [0.4, 0.5) is 5.69 Å². The molecule has 0 unspecified atom stereocenters. The van der Waals surface area contributed by atoms with Gasteiger partial charge in [0.1, 0.15) is 5.75 Å². The van der Waals surface area contributed by atoms with E-state index in [1.54, 1.807) is 7.11 Å². The molecule has 0 amide bonds. The SMILES string of the molecule is COc1ccc(N)c(-c2nnc3cc(C)ccn23)c1. The number of nitrogen functional groups attached to an aromatic ring is 1. The highest BCUT2D eigenvalue weighted by Crippen LogP contribution is 2.28. The van der Waals surface area contributed by atoms with E-state index in [0.717, 1.165) is 22.5 Å². The predicted molar refractivity (Wildman–Crippen MR) is 74.1 cm³/mol. The van der Waals surface area contributed by atoms with Crippen molar-refractivity contribution in [1.29, 1.82) is 0 Å². The summed E-state index contributed by atoms with van der Waals surface area (Å²) < 4.78 is 7.14. The van der Waals surface area contributed by atoms with Crippen molar-refractivity contribution in [2.45, 2.75) is 6.92 Å². The molecular weight excluding hydrogens is 240 g/mol. The molecule has 0 aliphatic carbocycles. The number of ether oxygens (including phenoxy) is 1. The summed E-state index contributed by atoms with van der Waals surface area (Å²) in [5.74, 6) is 1.46. The normalized spacial score (nSPS) is 10.8. The van der Waals surface area contributed by atoms with E-state index in [1.807, 2.05) is 47.9 Å². The second kappa shape index (κ2) is 4.28. The molecule has 5 heteroatoms. The highest BCUT2D eigenvalue weighted by molar-refractivity contribution is 5.74. The zero-order valence-electron chi connectivity index (χ0n) is 10.8. The molecule has 5 nitrogen and oxygen atoms in total. The smallest absolute Gasteiger partial charge is 0.170 e. The van der Waals surface area contributed by atoms with Gasteiger partial charge in [0.15, 0.2) is 11.5 Å². The number of rotatable bonds is 2. The number of anilines is 1. The van der Waals surface area contributed by atoms with Gasteiger partial charge >= 0.3 is 0 Å². The molecule has 0 saturated heterocycles. The van der Waals surface area contributed by atoms with Crippen molar-refractivity contribution in [3.8, 4) is 17.1 Å². The maximum Gasteiger partial charge on any atom is 0.170 e. The molecule has 0 radical (unpaired) electrons. The number of fused-ring (bicyclic) bond motifs is 1. The van der Waals surface area contributed by atoms with Crippen LogP contribution in [0.15, 0.2) is 36.5 Å². The molecule has 0 fully saturated rings. The van der Waals surface area contributed by atoms with Gasteiger partial charge in [-0.25, -0.2) is 0 Å². The third kappa shape index (κ3) is 1.89. The summed E-state index contributed by atoms with van der Waals surface area (Å²) in [6.07, 6.45) is 1.94. The van der Waals surface area contributed by atoms with E-state index in [4.69, 9.17) is 10.5 Å². The maximum absolute atomic E-state index is 6.02. The number of hydrogen-bond donors (Lipinski definition) is 1. The molecule has 0 spiro atoms. The highest BCUT2D eigenvalue weighted by Gasteiger charge is 2.12. The highest BCUT2D eigenvalue weighted by atomic mass is 16.5. The fourth-order valence-corrected chi connectivity index (χ4v) is 2.03. The molecular formula is C14H14N4O. The lowest BCUT2D eigenvalue weighted by Crippen LogP contribution is -1.96. The molecule has 2 aromatic heterocycles. The molecule has 2 N–H and O–H groups in total. The molecule has 3 aromatic rings. The van der Waals surface area contributed by atoms with Gasteiger partial charge in [-0.05, 0) is 42.8 Å². The minimum absolute atomic E-state index is 0.649. The van der Waals surface area contributed by atoms with Crippen molar-refractivity contribution in [3.05, 3.63) is 42.1 Å². The van der Waals surface area contributed by atoms with Crippen LogP contribution in [0.5, 0.6) is 5.75 Å². The average Bonchev–Trinajstić information content (AvgIpc) is 2.82. The summed E-state index contributed by atoms with van der Waals surface area (Å²) in [7, 11) is 1.63. The number of aromatic nitrogens is 3. The number of hydrogen-bond acceptors (Lipinski definition) is 4. The van der Waals surface area contributed by atoms with E-state index in [0.29, 0.717) is 11.5 Å². The summed E-state index contributed by atoms with van der Waals surface area (Å²) in [5, 5.41) is 8.39. The lowest BCUT2D eigenvalue weighted by Gasteiger charge is -2.07. The lowest BCUT2D eigenvalue weighted by atomic mass is 10.1. The summed E-state index contributed by atoms with van der Waals surface area (Å²) >= 11 is 0. The molecule has 96 valence electrons. The summed E-state index contributed by atoms with van der Waals surface area (Å²) in [6, 6.07) is 9.49. The summed E-state index contributed by atoms with van der Waals surface area (Å²) in [6.45, 7) is 2.02. The van der Waals surface area contributed by atoms with E-state index < -0.39 is 0 Å². The molecule has 0 atom stereocenters. The zero-order chi connectivity index (χ0) is 13.4. The Morgan fingerprint density at radius 3 is 2.79 bits per heavy atom. The van der Waals surface area contributed by atoms with Crippen LogP contribution in [0.25, 0.3) is 17.0 Å². The Labute approximate surface area is 110 Å². The van der Waals surface area contributed by atoms with Gasteiger partial charge < -0.3 is 10.5 Å². The largest absolute Gasteiger partial charge is 0.497 e. The Morgan fingerprint density at radius 1 is 1.16 bits per heavy atom. The predicted octanol–water partition coefficient (Wildman–Crippen LogP) is 2.30. The third-order valence-electron chi connectivity index (χ3n) is 3.07. The van der Waals surface area contributed by atoms with Gasteiger partial charge in [0.25, 0.3) is 0 Å². The number of benzene rings is 1. The molecule has 2 heterocycles. The van der Waals surface area contributed by atoms with E-state index in [2.05, 4.69) is 10.2 Å². The number of aryl methyl sites for hydroxylation is 1. The molecule has 0 aliphatic heterocycles. The van der Waals surface area contributed by atoms with Crippen molar-refractivity contribution in [2.75, 3.05) is 12.8 Å². The second-order valence-corrected chi connectivity index (χ2v) is 4.41. The molecule has 19 heavy (non-hydrogen) atoms. The number of methoxy groups -OCH3 is 1. The third-order valence-corrected chi connectivity index (χ3v) is 3.07. The Morgan fingerprint density at radius 2 is 2.00 bits per heavy atom. The van der Waals surface area contributed by atoms with E-state index in [9.17, 15) is 0 Å². The number of nitrogens with zero attached hydrogens (tertiary/aromatic N) is 3.